The van der Waals surface area contributed by atoms with Gasteiger partial charge in [0.15, 0.2) is 0 Å². The predicted molar refractivity (Wildman–Crippen MR) is 86.0 cm³/mol. The van der Waals surface area contributed by atoms with Crippen LogP contribution in [0.3, 0.4) is 0 Å². The molecule has 0 saturated heterocycles. The molecule has 0 bridgehead atoms. The minimum atomic E-state index is -0.185. The van der Waals surface area contributed by atoms with E-state index in [9.17, 15) is 4.79 Å². The fourth-order valence-corrected chi connectivity index (χ4v) is 2.22. The molecule has 0 aliphatic rings. The van der Waals surface area contributed by atoms with Crippen molar-refractivity contribution in [2.24, 2.45) is 0 Å². The van der Waals surface area contributed by atoms with Crippen molar-refractivity contribution in [2.75, 3.05) is 11.9 Å². The number of rotatable bonds is 4. The molecule has 2 amide bonds. The number of amides is 2. The van der Waals surface area contributed by atoms with Crippen LogP contribution in [-0.4, -0.2) is 12.6 Å². The molecular weight excluding hydrogens is 316 g/mol. The van der Waals surface area contributed by atoms with Crippen LogP contribution in [0.4, 0.5) is 10.5 Å². The van der Waals surface area contributed by atoms with E-state index in [2.05, 4.69) is 57.8 Å². The number of hydrogen-bond donors (Lipinski definition) is 2. The van der Waals surface area contributed by atoms with Crippen molar-refractivity contribution in [2.45, 2.75) is 13.3 Å². The van der Waals surface area contributed by atoms with E-state index in [1.54, 1.807) is 0 Å². The number of anilines is 1. The average molecular weight is 333 g/mol. The first-order chi connectivity index (χ1) is 9.63. The van der Waals surface area contributed by atoms with E-state index in [-0.39, 0.29) is 6.03 Å². The molecule has 0 atom stereocenters. The van der Waals surface area contributed by atoms with Gasteiger partial charge < -0.3 is 10.6 Å². The summed E-state index contributed by atoms with van der Waals surface area (Å²) in [5.41, 5.74) is 3.24. The summed E-state index contributed by atoms with van der Waals surface area (Å²) >= 11 is 3.37. The lowest BCUT2D eigenvalue weighted by Gasteiger charge is -2.08. The Labute approximate surface area is 127 Å². The van der Waals surface area contributed by atoms with E-state index >= 15 is 0 Å². The van der Waals surface area contributed by atoms with E-state index in [1.165, 1.54) is 11.1 Å². The molecule has 0 spiro atoms. The van der Waals surface area contributed by atoms with Crippen molar-refractivity contribution in [3.63, 3.8) is 0 Å². The zero-order valence-corrected chi connectivity index (χ0v) is 12.9. The molecule has 0 radical (unpaired) electrons. The monoisotopic (exact) mass is 332 g/mol. The lowest BCUT2D eigenvalue weighted by atomic mass is 10.1. The molecule has 20 heavy (non-hydrogen) atoms. The van der Waals surface area contributed by atoms with Gasteiger partial charge in [0.1, 0.15) is 0 Å². The topological polar surface area (TPSA) is 41.1 Å². The van der Waals surface area contributed by atoms with E-state index in [4.69, 9.17) is 0 Å². The highest BCUT2D eigenvalue weighted by Gasteiger charge is 2.01. The van der Waals surface area contributed by atoms with Gasteiger partial charge in [-0.25, -0.2) is 4.79 Å². The second-order valence-electron chi connectivity index (χ2n) is 4.63. The van der Waals surface area contributed by atoms with Crippen LogP contribution in [0.25, 0.3) is 0 Å². The lowest BCUT2D eigenvalue weighted by Crippen LogP contribution is -2.30. The summed E-state index contributed by atoms with van der Waals surface area (Å²) in [4.78, 5) is 11.7. The highest BCUT2D eigenvalue weighted by Crippen LogP contribution is 2.15. The standard InChI is InChI=1S/C16H17BrN2O/c1-12-5-7-13(8-6-12)9-10-18-16(20)19-15-4-2-3-14(17)11-15/h2-8,11H,9-10H2,1H3,(H2,18,19,20). The summed E-state index contributed by atoms with van der Waals surface area (Å²) in [6.45, 7) is 2.68. The zero-order valence-electron chi connectivity index (χ0n) is 11.3. The first-order valence-corrected chi connectivity index (χ1v) is 7.29. The first-order valence-electron chi connectivity index (χ1n) is 6.49. The summed E-state index contributed by atoms with van der Waals surface area (Å²) in [6.07, 6.45) is 0.826. The minimum Gasteiger partial charge on any atom is -0.338 e. The molecule has 0 saturated carbocycles. The van der Waals surface area contributed by atoms with Crippen LogP contribution in [0.2, 0.25) is 0 Å². The highest BCUT2D eigenvalue weighted by molar-refractivity contribution is 9.10. The Morgan fingerprint density at radius 2 is 1.90 bits per heavy atom. The smallest absolute Gasteiger partial charge is 0.319 e. The maximum absolute atomic E-state index is 11.7. The average Bonchev–Trinajstić information content (AvgIpc) is 2.41. The molecule has 0 aromatic heterocycles. The third-order valence-corrected chi connectivity index (χ3v) is 3.40. The molecule has 2 aromatic rings. The second-order valence-corrected chi connectivity index (χ2v) is 5.54. The molecule has 0 aliphatic carbocycles. The fourth-order valence-electron chi connectivity index (χ4n) is 1.82. The van der Waals surface area contributed by atoms with E-state index in [0.29, 0.717) is 6.54 Å². The number of hydrogen-bond acceptors (Lipinski definition) is 1. The van der Waals surface area contributed by atoms with Gasteiger partial charge in [0.05, 0.1) is 0 Å². The maximum Gasteiger partial charge on any atom is 0.319 e. The first kappa shape index (κ1) is 14.6. The summed E-state index contributed by atoms with van der Waals surface area (Å²) in [5, 5.41) is 5.65. The van der Waals surface area contributed by atoms with Gasteiger partial charge in [-0.2, -0.15) is 0 Å². The number of nitrogens with one attached hydrogen (secondary N) is 2. The number of carbonyl (C=O) groups excluding carboxylic acids is 1. The van der Waals surface area contributed by atoms with Crippen molar-refractivity contribution >= 4 is 27.6 Å². The van der Waals surface area contributed by atoms with Crippen LogP contribution in [-0.2, 0) is 6.42 Å². The van der Waals surface area contributed by atoms with Crippen molar-refractivity contribution in [3.05, 3.63) is 64.1 Å². The number of urea groups is 1. The van der Waals surface area contributed by atoms with Crippen molar-refractivity contribution in [3.8, 4) is 0 Å². The molecule has 0 fully saturated rings. The Morgan fingerprint density at radius 1 is 1.15 bits per heavy atom. The molecule has 3 nitrogen and oxygen atoms in total. The summed E-state index contributed by atoms with van der Waals surface area (Å²) in [7, 11) is 0. The highest BCUT2D eigenvalue weighted by atomic mass is 79.9. The Morgan fingerprint density at radius 3 is 2.60 bits per heavy atom. The third-order valence-electron chi connectivity index (χ3n) is 2.90. The number of benzene rings is 2. The molecule has 2 aromatic carbocycles. The number of halogens is 1. The van der Waals surface area contributed by atoms with Gasteiger partial charge in [0.2, 0.25) is 0 Å². The van der Waals surface area contributed by atoms with Crippen LogP contribution in [0, 0.1) is 6.92 Å². The Balaban J connectivity index is 1.76. The van der Waals surface area contributed by atoms with Gasteiger partial charge in [-0.15, -0.1) is 0 Å². The van der Waals surface area contributed by atoms with Crippen LogP contribution >= 0.6 is 15.9 Å². The van der Waals surface area contributed by atoms with Gasteiger partial charge in [-0.05, 0) is 37.1 Å². The van der Waals surface area contributed by atoms with Gasteiger partial charge in [-0.3, -0.25) is 0 Å². The van der Waals surface area contributed by atoms with Crippen LogP contribution in [0.5, 0.6) is 0 Å². The molecule has 0 heterocycles. The maximum atomic E-state index is 11.7. The normalized spacial score (nSPS) is 10.1. The van der Waals surface area contributed by atoms with Crippen LogP contribution in [0.15, 0.2) is 53.0 Å². The number of carbonyl (C=O) groups is 1. The number of aryl methyl sites for hydroxylation is 1. The Kier molecular flexibility index (Phi) is 5.18. The van der Waals surface area contributed by atoms with Gasteiger partial charge in [0, 0.05) is 16.7 Å². The summed E-state index contributed by atoms with van der Waals surface area (Å²) < 4.78 is 0.940. The van der Waals surface area contributed by atoms with E-state index < -0.39 is 0 Å². The minimum absolute atomic E-state index is 0.185. The molecule has 2 rings (SSSR count). The quantitative estimate of drug-likeness (QED) is 0.868. The van der Waals surface area contributed by atoms with Crippen LogP contribution < -0.4 is 10.6 Å². The molecule has 0 unspecified atom stereocenters. The molecule has 4 heteroatoms. The molecule has 104 valence electrons. The van der Waals surface area contributed by atoms with E-state index in [0.717, 1.165) is 16.6 Å². The largest absolute Gasteiger partial charge is 0.338 e. The van der Waals surface area contributed by atoms with Gasteiger partial charge >= 0.3 is 6.03 Å². The third kappa shape index (κ3) is 4.70. The van der Waals surface area contributed by atoms with Crippen molar-refractivity contribution < 1.29 is 4.79 Å². The SMILES string of the molecule is Cc1ccc(CCNC(=O)Nc2cccc(Br)c2)cc1. The van der Waals surface area contributed by atoms with Crippen molar-refractivity contribution in [1.29, 1.82) is 0 Å². The van der Waals surface area contributed by atoms with E-state index in [1.807, 2.05) is 24.3 Å². The Bertz CT molecular complexity index is 581. The predicted octanol–water partition coefficient (Wildman–Crippen LogP) is 4.12. The van der Waals surface area contributed by atoms with Crippen molar-refractivity contribution in [1.82, 2.24) is 5.32 Å². The fraction of sp³-hybridized carbons (Fsp3) is 0.188. The Hall–Kier alpha value is -1.81. The molecule has 2 N–H and O–H groups in total. The summed E-state index contributed by atoms with van der Waals surface area (Å²) in [5.74, 6) is 0. The summed E-state index contributed by atoms with van der Waals surface area (Å²) in [6, 6.07) is 15.7. The molecule has 0 aliphatic heterocycles. The van der Waals surface area contributed by atoms with Gasteiger partial charge in [0.25, 0.3) is 0 Å². The second kappa shape index (κ2) is 7.10. The van der Waals surface area contributed by atoms with Crippen LogP contribution in [0.1, 0.15) is 11.1 Å². The molecular formula is C16H17BrN2O. The zero-order chi connectivity index (χ0) is 14.4. The van der Waals surface area contributed by atoms with Gasteiger partial charge in [-0.1, -0.05) is 51.8 Å². The lowest BCUT2D eigenvalue weighted by molar-refractivity contribution is 0.252.